The summed E-state index contributed by atoms with van der Waals surface area (Å²) in [6, 6.07) is 14.3. The molecule has 4 heteroatoms. The van der Waals surface area contributed by atoms with Crippen molar-refractivity contribution in [1.29, 1.82) is 0 Å². The molecule has 25 heavy (non-hydrogen) atoms. The first-order chi connectivity index (χ1) is 12.0. The Balaban J connectivity index is 1.77. The Morgan fingerprint density at radius 3 is 2.48 bits per heavy atom. The maximum absolute atomic E-state index is 12.3. The minimum absolute atomic E-state index is 0.0933. The Labute approximate surface area is 160 Å². The lowest BCUT2D eigenvalue weighted by Crippen LogP contribution is -2.28. The van der Waals surface area contributed by atoms with E-state index in [0.29, 0.717) is 6.42 Å². The van der Waals surface area contributed by atoms with E-state index >= 15 is 0 Å². The highest BCUT2D eigenvalue weighted by molar-refractivity contribution is 7.99. The van der Waals surface area contributed by atoms with E-state index in [1.165, 1.54) is 21.6 Å². The van der Waals surface area contributed by atoms with Crippen LogP contribution in [0.3, 0.4) is 0 Å². The molecule has 2 aromatic rings. The summed E-state index contributed by atoms with van der Waals surface area (Å²) in [5.41, 5.74) is 3.74. The van der Waals surface area contributed by atoms with Crippen molar-refractivity contribution < 1.29 is 4.79 Å². The summed E-state index contributed by atoms with van der Waals surface area (Å²) in [6.45, 7) is 6.33. The number of carbonyl (C=O) groups is 1. The number of benzene rings is 2. The molecule has 0 aliphatic rings. The van der Waals surface area contributed by atoms with E-state index in [1.807, 2.05) is 24.3 Å². The van der Waals surface area contributed by atoms with E-state index in [1.54, 1.807) is 11.8 Å². The van der Waals surface area contributed by atoms with Crippen molar-refractivity contribution in [2.45, 2.75) is 51.0 Å². The molecule has 1 atom stereocenters. The predicted octanol–water partition coefficient (Wildman–Crippen LogP) is 6.10. The summed E-state index contributed by atoms with van der Waals surface area (Å²) < 4.78 is 0. The molecular weight excluding hydrogens is 350 g/mol. The molecule has 0 aliphatic carbocycles. The lowest BCUT2D eigenvalue weighted by Gasteiger charge is -2.18. The highest BCUT2D eigenvalue weighted by Crippen LogP contribution is 2.22. The Morgan fingerprint density at radius 1 is 1.12 bits per heavy atom. The van der Waals surface area contributed by atoms with Gasteiger partial charge in [-0.3, -0.25) is 4.79 Å². The molecule has 0 aromatic heterocycles. The average Bonchev–Trinajstić information content (AvgIpc) is 2.60. The monoisotopic (exact) mass is 375 g/mol. The standard InChI is InChI=1S/C21H26ClNOS/c1-4-20(17-8-7-15(2)16(3)14-17)23-21(24)6-5-13-25-19-11-9-18(22)10-12-19/h7-12,14,20H,4-6,13H2,1-3H3,(H,23,24)/t20-/m1/s1. The number of amides is 1. The fourth-order valence-electron chi connectivity index (χ4n) is 2.62. The van der Waals surface area contributed by atoms with Crippen LogP contribution in [0.1, 0.15) is 48.9 Å². The van der Waals surface area contributed by atoms with Gasteiger partial charge in [0.15, 0.2) is 0 Å². The van der Waals surface area contributed by atoms with E-state index in [2.05, 4.69) is 44.3 Å². The van der Waals surface area contributed by atoms with Gasteiger partial charge in [-0.15, -0.1) is 11.8 Å². The number of rotatable bonds is 8. The summed E-state index contributed by atoms with van der Waals surface area (Å²) in [4.78, 5) is 13.4. The first-order valence-corrected chi connectivity index (χ1v) is 10.1. The summed E-state index contributed by atoms with van der Waals surface area (Å²) in [5, 5.41) is 3.92. The summed E-state index contributed by atoms with van der Waals surface area (Å²) in [5.74, 6) is 1.05. The third kappa shape index (κ3) is 6.41. The predicted molar refractivity (Wildman–Crippen MR) is 109 cm³/mol. The van der Waals surface area contributed by atoms with Crippen molar-refractivity contribution in [2.24, 2.45) is 0 Å². The summed E-state index contributed by atoms with van der Waals surface area (Å²) >= 11 is 7.64. The first kappa shape index (κ1) is 19.9. The molecule has 2 aromatic carbocycles. The van der Waals surface area contributed by atoms with Crippen LogP contribution in [-0.4, -0.2) is 11.7 Å². The molecule has 1 amide bonds. The van der Waals surface area contributed by atoms with Crippen molar-refractivity contribution in [3.63, 3.8) is 0 Å². The van der Waals surface area contributed by atoms with Crippen molar-refractivity contribution in [2.75, 3.05) is 5.75 Å². The molecule has 0 spiro atoms. The molecule has 0 radical (unpaired) electrons. The lowest BCUT2D eigenvalue weighted by molar-refractivity contribution is -0.121. The smallest absolute Gasteiger partial charge is 0.220 e. The van der Waals surface area contributed by atoms with Crippen LogP contribution < -0.4 is 5.32 Å². The number of hydrogen-bond donors (Lipinski definition) is 1. The van der Waals surface area contributed by atoms with Crippen molar-refractivity contribution in [3.8, 4) is 0 Å². The molecule has 0 bridgehead atoms. The number of nitrogens with one attached hydrogen (secondary N) is 1. The van der Waals surface area contributed by atoms with Gasteiger partial charge in [0, 0.05) is 16.3 Å². The topological polar surface area (TPSA) is 29.1 Å². The normalized spacial score (nSPS) is 12.0. The average molecular weight is 376 g/mol. The van der Waals surface area contributed by atoms with Gasteiger partial charge in [-0.05, 0) is 73.4 Å². The molecular formula is C21H26ClNOS. The second-order valence-corrected chi connectivity index (χ2v) is 7.88. The molecule has 0 saturated heterocycles. The van der Waals surface area contributed by atoms with E-state index in [4.69, 9.17) is 11.6 Å². The molecule has 0 fully saturated rings. The van der Waals surface area contributed by atoms with Crippen molar-refractivity contribution in [1.82, 2.24) is 5.32 Å². The van der Waals surface area contributed by atoms with Gasteiger partial charge in [-0.1, -0.05) is 36.7 Å². The largest absolute Gasteiger partial charge is 0.349 e. The maximum Gasteiger partial charge on any atom is 0.220 e. The lowest BCUT2D eigenvalue weighted by atomic mass is 9.99. The Bertz CT molecular complexity index is 700. The Morgan fingerprint density at radius 2 is 1.84 bits per heavy atom. The van der Waals surface area contributed by atoms with Crippen LogP contribution >= 0.6 is 23.4 Å². The highest BCUT2D eigenvalue weighted by atomic mass is 35.5. The second kappa shape index (κ2) is 9.88. The van der Waals surface area contributed by atoms with E-state index in [-0.39, 0.29) is 11.9 Å². The molecule has 1 N–H and O–H groups in total. The van der Waals surface area contributed by atoms with Crippen LogP contribution in [0.5, 0.6) is 0 Å². The maximum atomic E-state index is 12.3. The van der Waals surface area contributed by atoms with Crippen LogP contribution in [0, 0.1) is 13.8 Å². The van der Waals surface area contributed by atoms with Gasteiger partial charge in [0.25, 0.3) is 0 Å². The molecule has 2 rings (SSSR count). The highest BCUT2D eigenvalue weighted by Gasteiger charge is 2.13. The number of hydrogen-bond acceptors (Lipinski definition) is 2. The molecule has 134 valence electrons. The molecule has 0 heterocycles. The zero-order valence-corrected chi connectivity index (χ0v) is 16.7. The van der Waals surface area contributed by atoms with E-state index in [0.717, 1.165) is 23.6 Å². The molecule has 0 saturated carbocycles. The van der Waals surface area contributed by atoms with Crippen LogP contribution in [0.2, 0.25) is 5.02 Å². The van der Waals surface area contributed by atoms with Gasteiger partial charge in [-0.2, -0.15) is 0 Å². The SMILES string of the molecule is CC[C@@H](NC(=O)CCCSc1ccc(Cl)cc1)c1ccc(C)c(C)c1. The third-order valence-corrected chi connectivity index (χ3v) is 5.66. The number of thioether (sulfide) groups is 1. The fourth-order valence-corrected chi connectivity index (χ4v) is 3.60. The number of aryl methyl sites for hydroxylation is 2. The quantitative estimate of drug-likeness (QED) is 0.446. The zero-order valence-electron chi connectivity index (χ0n) is 15.1. The van der Waals surface area contributed by atoms with Crippen LogP contribution in [0.4, 0.5) is 0 Å². The van der Waals surface area contributed by atoms with Crippen LogP contribution in [0.25, 0.3) is 0 Å². The Hall–Kier alpha value is -1.45. The summed E-state index contributed by atoms with van der Waals surface area (Å²) in [7, 11) is 0. The van der Waals surface area contributed by atoms with Gasteiger partial charge in [0.1, 0.15) is 0 Å². The molecule has 0 aliphatic heterocycles. The minimum atomic E-state index is 0.0933. The second-order valence-electron chi connectivity index (χ2n) is 6.28. The first-order valence-electron chi connectivity index (χ1n) is 8.74. The van der Waals surface area contributed by atoms with Gasteiger partial charge >= 0.3 is 0 Å². The molecule has 2 nitrogen and oxygen atoms in total. The molecule has 0 unspecified atom stereocenters. The Kier molecular flexibility index (Phi) is 7.86. The van der Waals surface area contributed by atoms with E-state index in [9.17, 15) is 4.79 Å². The number of halogens is 1. The van der Waals surface area contributed by atoms with Crippen LogP contribution in [-0.2, 0) is 4.79 Å². The third-order valence-electron chi connectivity index (χ3n) is 4.31. The zero-order chi connectivity index (χ0) is 18.2. The van der Waals surface area contributed by atoms with Gasteiger partial charge < -0.3 is 5.32 Å². The van der Waals surface area contributed by atoms with Gasteiger partial charge in [0.2, 0.25) is 5.91 Å². The van der Waals surface area contributed by atoms with E-state index < -0.39 is 0 Å². The fraction of sp³-hybridized carbons (Fsp3) is 0.381. The summed E-state index contributed by atoms with van der Waals surface area (Å²) in [6.07, 6.45) is 2.32. The number of carbonyl (C=O) groups excluding carboxylic acids is 1. The minimum Gasteiger partial charge on any atom is -0.349 e. The van der Waals surface area contributed by atoms with Crippen molar-refractivity contribution in [3.05, 3.63) is 64.2 Å². The van der Waals surface area contributed by atoms with Gasteiger partial charge in [0.05, 0.1) is 6.04 Å². The van der Waals surface area contributed by atoms with Crippen molar-refractivity contribution >= 4 is 29.3 Å². The van der Waals surface area contributed by atoms with Gasteiger partial charge in [-0.25, -0.2) is 0 Å². The van der Waals surface area contributed by atoms with Crippen LogP contribution in [0.15, 0.2) is 47.4 Å².